The Hall–Kier alpha value is -6.08. The molecular formula is C59H67Br2N7O7S. The summed E-state index contributed by atoms with van der Waals surface area (Å²) in [4.78, 5) is 25.9. The number of imidazole rings is 2. The SMILES string of the molecule is COCCn1c(-c2ccc(C(C)C)cc2)nc2c(Br)c(CNC(=O)C(N)(c3ccccc3CCS(C)(=O)=O)c3ccccc3NCc3cc(OC)c4c(nc(-c5ccc(C(C)C)cc5)n4CCOC)c3Br)cc(OC)c21. The number of aryl methyl sites for hydroxylation is 1. The summed E-state index contributed by atoms with van der Waals surface area (Å²) in [6, 6.07) is 35.5. The molecule has 0 saturated heterocycles. The molecule has 1 amide bonds. The number of benzene rings is 6. The Bertz CT molecular complexity index is 3490. The predicted octanol–water partition coefficient (Wildman–Crippen LogP) is 11.5. The number of hydrogen-bond acceptors (Lipinski definition) is 11. The molecule has 0 bridgehead atoms. The zero-order valence-corrected chi connectivity index (χ0v) is 48.6. The van der Waals surface area contributed by atoms with Crippen molar-refractivity contribution in [2.24, 2.45) is 5.73 Å². The Labute approximate surface area is 462 Å². The van der Waals surface area contributed by atoms with Gasteiger partial charge in [-0.05, 0) is 102 Å². The van der Waals surface area contributed by atoms with E-state index in [4.69, 9.17) is 34.6 Å². The number of nitrogens with one attached hydrogen (secondary N) is 2. The van der Waals surface area contributed by atoms with Crippen LogP contribution in [0.2, 0.25) is 0 Å². The third-order valence-corrected chi connectivity index (χ3v) is 16.7. The van der Waals surface area contributed by atoms with Crippen LogP contribution in [0.4, 0.5) is 5.69 Å². The zero-order valence-electron chi connectivity index (χ0n) is 44.6. The molecule has 0 fully saturated rings. The molecule has 17 heteroatoms. The van der Waals surface area contributed by atoms with Gasteiger partial charge in [0.05, 0.1) is 42.1 Å². The van der Waals surface area contributed by atoms with E-state index in [1.54, 1.807) is 34.5 Å². The number of fused-ring (bicyclic) bond motifs is 2. The number of nitrogens with two attached hydrogens (primary N) is 1. The first-order valence-corrected chi connectivity index (χ1v) is 28.9. The lowest BCUT2D eigenvalue weighted by molar-refractivity contribution is -0.125. The van der Waals surface area contributed by atoms with Gasteiger partial charge in [0.25, 0.3) is 0 Å². The van der Waals surface area contributed by atoms with Gasteiger partial charge in [-0.15, -0.1) is 0 Å². The molecule has 400 valence electrons. The van der Waals surface area contributed by atoms with Crippen molar-refractivity contribution < 1.29 is 32.2 Å². The number of nitrogens with zero attached hydrogens (tertiary/aromatic N) is 4. The first-order chi connectivity index (χ1) is 36.4. The maximum Gasteiger partial charge on any atom is 0.249 e. The van der Waals surface area contributed by atoms with Gasteiger partial charge in [-0.25, -0.2) is 18.4 Å². The maximum absolute atomic E-state index is 15.4. The van der Waals surface area contributed by atoms with E-state index in [2.05, 4.69) is 128 Å². The van der Waals surface area contributed by atoms with Gasteiger partial charge in [0.2, 0.25) is 5.91 Å². The number of amides is 1. The molecule has 1 unspecified atom stereocenters. The van der Waals surface area contributed by atoms with Crippen molar-refractivity contribution >= 4 is 75.4 Å². The molecule has 0 aliphatic heterocycles. The third kappa shape index (κ3) is 11.6. The Kier molecular flexibility index (Phi) is 17.8. The highest BCUT2D eigenvalue weighted by molar-refractivity contribution is 9.11. The molecule has 2 aromatic heterocycles. The number of rotatable bonds is 23. The fourth-order valence-corrected chi connectivity index (χ4v) is 11.4. The van der Waals surface area contributed by atoms with Crippen LogP contribution in [0, 0.1) is 0 Å². The molecule has 8 aromatic rings. The molecular weight excluding hydrogens is 1110 g/mol. The minimum absolute atomic E-state index is 0.0305. The number of para-hydroxylation sites is 1. The second-order valence-corrected chi connectivity index (χ2v) is 23.5. The number of hydrogen-bond donors (Lipinski definition) is 3. The predicted molar refractivity (Wildman–Crippen MR) is 311 cm³/mol. The number of aromatic nitrogens is 4. The number of carbonyl (C=O) groups excluding carboxylic acids is 1. The summed E-state index contributed by atoms with van der Waals surface area (Å²) in [6.45, 7) is 10.9. The van der Waals surface area contributed by atoms with Crippen LogP contribution >= 0.6 is 31.9 Å². The quantitative estimate of drug-likeness (QED) is 0.0556. The van der Waals surface area contributed by atoms with Crippen molar-refractivity contribution in [1.29, 1.82) is 0 Å². The molecule has 14 nitrogen and oxygen atoms in total. The minimum Gasteiger partial charge on any atom is -0.494 e. The second-order valence-electron chi connectivity index (χ2n) is 19.6. The Morgan fingerprint density at radius 3 is 1.58 bits per heavy atom. The largest absolute Gasteiger partial charge is 0.494 e. The summed E-state index contributed by atoms with van der Waals surface area (Å²) in [5, 5.41) is 6.81. The number of carbonyl (C=O) groups is 1. The average molecular weight is 1180 g/mol. The Morgan fingerprint density at radius 1 is 0.658 bits per heavy atom. The normalized spacial score (nSPS) is 12.7. The van der Waals surface area contributed by atoms with Crippen LogP contribution in [-0.4, -0.2) is 87.1 Å². The lowest BCUT2D eigenvalue weighted by Gasteiger charge is -2.33. The molecule has 6 aromatic carbocycles. The molecule has 8 rings (SSSR count). The van der Waals surface area contributed by atoms with E-state index >= 15 is 4.79 Å². The standard InChI is InChI=1S/C59H67Br2N7O7S/c1-36(2)38-18-22-41(23-19-38)56-65-52-50(60)43(32-48(74-7)54(52)67(56)27-29-72-5)34-63-47-17-13-12-16-46(47)59(62,45-15-11-10-14-40(45)26-31-76(9,70)71)58(69)64-35-44-33-49(75-8)55-53(51(44)61)66-57(68(55)28-30-73-6)42-24-20-39(21-25-42)37(3)4/h10-25,32-33,36-37,63H,26-31,34-35,62H2,1-9H3,(H,64,69). The van der Waals surface area contributed by atoms with Gasteiger partial charge in [0, 0.05) is 69.0 Å². The molecule has 2 heterocycles. The first-order valence-electron chi connectivity index (χ1n) is 25.3. The number of anilines is 1. The fourth-order valence-electron chi connectivity index (χ4n) is 9.73. The monoisotopic (exact) mass is 1180 g/mol. The van der Waals surface area contributed by atoms with Crippen molar-refractivity contribution in [2.75, 3.05) is 59.0 Å². The second kappa shape index (κ2) is 24.1. The summed E-state index contributed by atoms with van der Waals surface area (Å²) in [5.41, 5.74) is 16.8. The lowest BCUT2D eigenvalue weighted by Crippen LogP contribution is -2.52. The van der Waals surface area contributed by atoms with Crippen molar-refractivity contribution in [2.45, 2.75) is 77.7 Å². The summed E-state index contributed by atoms with van der Waals surface area (Å²) in [6.07, 6.45) is 1.34. The topological polar surface area (TPSA) is 174 Å². The minimum atomic E-state index is -3.39. The smallest absolute Gasteiger partial charge is 0.249 e. The van der Waals surface area contributed by atoms with E-state index in [9.17, 15) is 8.42 Å². The third-order valence-electron chi connectivity index (χ3n) is 13.9. The maximum atomic E-state index is 15.4. The van der Waals surface area contributed by atoms with Gasteiger partial charge >= 0.3 is 0 Å². The van der Waals surface area contributed by atoms with Gasteiger partial charge in [0.1, 0.15) is 60.6 Å². The van der Waals surface area contributed by atoms with Crippen LogP contribution in [0.3, 0.4) is 0 Å². The summed E-state index contributed by atoms with van der Waals surface area (Å²) in [5.74, 6) is 2.82. The van der Waals surface area contributed by atoms with Gasteiger partial charge < -0.3 is 44.4 Å². The van der Waals surface area contributed by atoms with E-state index < -0.39 is 21.3 Å². The van der Waals surface area contributed by atoms with Crippen LogP contribution < -0.4 is 25.8 Å². The van der Waals surface area contributed by atoms with Crippen LogP contribution in [0.1, 0.15) is 78.5 Å². The first kappa shape index (κ1) is 56.1. The van der Waals surface area contributed by atoms with Crippen LogP contribution in [-0.2, 0) is 62.2 Å². The Morgan fingerprint density at radius 2 is 1.12 bits per heavy atom. The Balaban J connectivity index is 1.19. The summed E-state index contributed by atoms with van der Waals surface area (Å²) in [7, 11) is 3.22. The molecule has 76 heavy (non-hydrogen) atoms. The number of sulfone groups is 1. The number of ether oxygens (including phenoxy) is 4. The van der Waals surface area contributed by atoms with Crippen molar-refractivity contribution in [3.8, 4) is 34.3 Å². The van der Waals surface area contributed by atoms with E-state index in [-0.39, 0.29) is 25.3 Å². The van der Waals surface area contributed by atoms with Gasteiger partial charge in [-0.1, -0.05) is 119 Å². The molecule has 1 atom stereocenters. The van der Waals surface area contributed by atoms with E-state index in [0.29, 0.717) is 87.6 Å². The van der Waals surface area contributed by atoms with E-state index in [1.165, 1.54) is 17.4 Å². The highest BCUT2D eigenvalue weighted by atomic mass is 79.9. The van der Waals surface area contributed by atoms with Crippen molar-refractivity contribution in [3.05, 3.63) is 157 Å². The van der Waals surface area contributed by atoms with Crippen LogP contribution in [0.15, 0.2) is 118 Å². The van der Waals surface area contributed by atoms with Gasteiger partial charge in [-0.2, -0.15) is 0 Å². The van der Waals surface area contributed by atoms with Gasteiger partial charge in [-0.3, -0.25) is 4.79 Å². The highest BCUT2D eigenvalue weighted by Crippen LogP contribution is 2.42. The highest BCUT2D eigenvalue weighted by Gasteiger charge is 2.41. The molecule has 0 aliphatic carbocycles. The number of methoxy groups -OCH3 is 4. The van der Waals surface area contributed by atoms with Gasteiger partial charge in [0.15, 0.2) is 0 Å². The van der Waals surface area contributed by atoms with Crippen molar-refractivity contribution in [1.82, 2.24) is 24.4 Å². The zero-order chi connectivity index (χ0) is 54.5. The van der Waals surface area contributed by atoms with Crippen molar-refractivity contribution in [3.63, 3.8) is 0 Å². The fraction of sp³-hybridized carbons (Fsp3) is 0.339. The van der Waals surface area contributed by atoms with Crippen LogP contribution in [0.25, 0.3) is 44.8 Å². The summed E-state index contributed by atoms with van der Waals surface area (Å²) >= 11 is 7.83. The van der Waals surface area contributed by atoms with E-state index in [0.717, 1.165) is 49.4 Å². The summed E-state index contributed by atoms with van der Waals surface area (Å²) < 4.78 is 54.2. The number of halogens is 2. The molecule has 0 saturated carbocycles. The van der Waals surface area contributed by atoms with Crippen LogP contribution in [0.5, 0.6) is 11.5 Å². The molecule has 0 radical (unpaired) electrons. The van der Waals surface area contributed by atoms with E-state index in [1.807, 2.05) is 54.6 Å². The molecule has 0 aliphatic rings. The molecule has 4 N–H and O–H groups in total. The molecule has 0 spiro atoms. The average Bonchev–Trinajstić information content (AvgIpc) is 4.10. The lowest BCUT2D eigenvalue weighted by atomic mass is 9.79.